The Morgan fingerprint density at radius 3 is 2.55 bits per heavy atom. The summed E-state index contributed by atoms with van der Waals surface area (Å²) in [5.74, 6) is 0.615. The number of nitrogens with two attached hydrogens (primary N) is 1. The van der Waals surface area contributed by atoms with E-state index in [1.54, 1.807) is 24.3 Å². The van der Waals surface area contributed by atoms with Crippen LogP contribution < -0.4 is 10.5 Å². The van der Waals surface area contributed by atoms with Crippen LogP contribution in [-0.2, 0) is 0 Å². The van der Waals surface area contributed by atoms with Gasteiger partial charge in [-0.15, -0.1) is 0 Å². The van der Waals surface area contributed by atoms with Crippen LogP contribution in [0, 0.1) is 0 Å². The van der Waals surface area contributed by atoms with Crippen molar-refractivity contribution in [2.75, 3.05) is 26.7 Å². The fourth-order valence-electron chi connectivity index (χ4n) is 2.21. The molecule has 0 radical (unpaired) electrons. The molecule has 0 saturated heterocycles. The van der Waals surface area contributed by atoms with Gasteiger partial charge in [-0.2, -0.15) is 13.2 Å². The Bertz CT molecular complexity index is 410. The van der Waals surface area contributed by atoms with E-state index in [0.29, 0.717) is 18.7 Å². The van der Waals surface area contributed by atoms with Crippen molar-refractivity contribution < 1.29 is 17.9 Å². The summed E-state index contributed by atoms with van der Waals surface area (Å²) in [7, 11) is 1.52. The lowest BCUT2D eigenvalue weighted by Crippen LogP contribution is -2.40. The van der Waals surface area contributed by atoms with Gasteiger partial charge in [0.15, 0.2) is 0 Å². The number of rotatable bonds is 7. The molecule has 0 aliphatic heterocycles. The second kappa shape index (κ2) is 7.50. The number of methoxy groups -OCH3 is 1. The standard InChI is InChI=1S/C14H21F3N2O/c1-3-7-19(10-14(15,16)17)13(9-18)11-5-4-6-12(8-11)20-2/h4-6,8,13H,3,7,9-10,18H2,1-2H3. The van der Waals surface area contributed by atoms with Gasteiger partial charge in [0.05, 0.1) is 13.7 Å². The molecule has 1 rings (SSSR count). The van der Waals surface area contributed by atoms with E-state index in [-0.39, 0.29) is 6.54 Å². The zero-order valence-electron chi connectivity index (χ0n) is 11.8. The van der Waals surface area contributed by atoms with Crippen molar-refractivity contribution in [3.05, 3.63) is 29.8 Å². The first-order valence-corrected chi connectivity index (χ1v) is 6.56. The minimum atomic E-state index is -4.23. The number of halogens is 3. The molecule has 0 amide bonds. The van der Waals surface area contributed by atoms with Crippen LogP contribution in [0.4, 0.5) is 13.2 Å². The van der Waals surface area contributed by atoms with Gasteiger partial charge < -0.3 is 10.5 Å². The van der Waals surface area contributed by atoms with E-state index in [1.807, 2.05) is 6.92 Å². The van der Waals surface area contributed by atoms with E-state index >= 15 is 0 Å². The molecule has 0 saturated carbocycles. The Labute approximate surface area is 117 Å². The number of alkyl halides is 3. The highest BCUT2D eigenvalue weighted by molar-refractivity contribution is 5.30. The van der Waals surface area contributed by atoms with Gasteiger partial charge in [-0.3, -0.25) is 4.90 Å². The molecule has 1 atom stereocenters. The average Bonchev–Trinajstić information content (AvgIpc) is 2.38. The fraction of sp³-hybridized carbons (Fsp3) is 0.571. The summed E-state index contributed by atoms with van der Waals surface area (Å²) < 4.78 is 43.1. The Morgan fingerprint density at radius 1 is 1.35 bits per heavy atom. The maximum atomic E-state index is 12.7. The van der Waals surface area contributed by atoms with Crippen LogP contribution in [0.3, 0.4) is 0 Å². The van der Waals surface area contributed by atoms with E-state index in [9.17, 15) is 13.2 Å². The van der Waals surface area contributed by atoms with Gasteiger partial charge >= 0.3 is 6.18 Å². The van der Waals surface area contributed by atoms with Crippen LogP contribution >= 0.6 is 0 Å². The second-order valence-electron chi connectivity index (χ2n) is 4.61. The zero-order chi connectivity index (χ0) is 15.2. The van der Waals surface area contributed by atoms with Crippen LogP contribution in [0.15, 0.2) is 24.3 Å². The van der Waals surface area contributed by atoms with E-state index in [0.717, 1.165) is 5.56 Å². The molecule has 0 fully saturated rings. The average molecular weight is 290 g/mol. The Kier molecular flexibility index (Phi) is 6.29. The zero-order valence-corrected chi connectivity index (χ0v) is 11.8. The fourth-order valence-corrected chi connectivity index (χ4v) is 2.21. The number of hydrogen-bond acceptors (Lipinski definition) is 3. The van der Waals surface area contributed by atoms with Crippen molar-refractivity contribution in [2.24, 2.45) is 5.73 Å². The first-order valence-electron chi connectivity index (χ1n) is 6.56. The van der Waals surface area contributed by atoms with Crippen molar-refractivity contribution in [3.63, 3.8) is 0 Å². The van der Waals surface area contributed by atoms with Crippen LogP contribution in [0.5, 0.6) is 5.75 Å². The molecule has 0 bridgehead atoms. The van der Waals surface area contributed by atoms with E-state index < -0.39 is 18.8 Å². The molecule has 3 nitrogen and oxygen atoms in total. The summed E-state index contributed by atoms with van der Waals surface area (Å²) in [5, 5.41) is 0. The molecule has 1 unspecified atom stereocenters. The normalized spacial score (nSPS) is 13.6. The van der Waals surface area contributed by atoms with Gasteiger partial charge in [-0.05, 0) is 30.7 Å². The van der Waals surface area contributed by atoms with E-state index in [2.05, 4.69) is 0 Å². The maximum absolute atomic E-state index is 12.7. The molecule has 20 heavy (non-hydrogen) atoms. The molecule has 2 N–H and O–H groups in total. The molecule has 6 heteroatoms. The van der Waals surface area contributed by atoms with Gasteiger partial charge in [0.1, 0.15) is 5.75 Å². The summed E-state index contributed by atoms with van der Waals surface area (Å²) in [5.41, 5.74) is 6.44. The minimum absolute atomic E-state index is 0.128. The first kappa shape index (κ1) is 16.8. The lowest BCUT2D eigenvalue weighted by Gasteiger charge is -2.31. The predicted molar refractivity (Wildman–Crippen MR) is 72.7 cm³/mol. The topological polar surface area (TPSA) is 38.5 Å². The number of nitrogens with zero attached hydrogens (tertiary/aromatic N) is 1. The minimum Gasteiger partial charge on any atom is -0.497 e. The third-order valence-electron chi connectivity index (χ3n) is 3.04. The van der Waals surface area contributed by atoms with E-state index in [4.69, 9.17) is 10.5 Å². The Hall–Kier alpha value is -1.27. The summed E-state index contributed by atoms with van der Waals surface area (Å²) in [6.07, 6.45) is -3.60. The molecule has 0 aliphatic carbocycles. The molecule has 0 aromatic heterocycles. The summed E-state index contributed by atoms with van der Waals surface area (Å²) >= 11 is 0. The third-order valence-corrected chi connectivity index (χ3v) is 3.04. The highest BCUT2D eigenvalue weighted by Gasteiger charge is 2.33. The SMILES string of the molecule is CCCN(CC(F)(F)F)C(CN)c1cccc(OC)c1. The van der Waals surface area contributed by atoms with Crippen LogP contribution in [0.25, 0.3) is 0 Å². The number of hydrogen-bond donors (Lipinski definition) is 1. The third kappa shape index (κ3) is 5.02. The van der Waals surface area contributed by atoms with E-state index in [1.165, 1.54) is 12.0 Å². The Morgan fingerprint density at radius 2 is 2.05 bits per heavy atom. The Balaban J connectivity index is 2.99. The van der Waals surface area contributed by atoms with Gasteiger partial charge in [0.2, 0.25) is 0 Å². The van der Waals surface area contributed by atoms with Crippen LogP contribution in [-0.4, -0.2) is 37.8 Å². The van der Waals surface area contributed by atoms with Crippen LogP contribution in [0.1, 0.15) is 24.9 Å². The monoisotopic (exact) mass is 290 g/mol. The largest absolute Gasteiger partial charge is 0.497 e. The maximum Gasteiger partial charge on any atom is 0.401 e. The van der Waals surface area contributed by atoms with Crippen molar-refractivity contribution in [1.82, 2.24) is 4.90 Å². The highest BCUT2D eigenvalue weighted by atomic mass is 19.4. The molecule has 0 spiro atoms. The highest BCUT2D eigenvalue weighted by Crippen LogP contribution is 2.27. The lowest BCUT2D eigenvalue weighted by atomic mass is 10.0. The number of ether oxygens (including phenoxy) is 1. The van der Waals surface area contributed by atoms with Gasteiger partial charge in [-0.25, -0.2) is 0 Å². The molecule has 1 aromatic carbocycles. The molecular formula is C14H21F3N2O. The molecule has 0 heterocycles. The molecule has 0 aliphatic rings. The van der Waals surface area contributed by atoms with Gasteiger partial charge in [0, 0.05) is 12.6 Å². The van der Waals surface area contributed by atoms with Crippen molar-refractivity contribution in [3.8, 4) is 5.75 Å². The number of benzene rings is 1. The van der Waals surface area contributed by atoms with Gasteiger partial charge in [-0.1, -0.05) is 19.1 Å². The summed E-state index contributed by atoms with van der Waals surface area (Å²) in [4.78, 5) is 1.37. The van der Waals surface area contributed by atoms with Crippen molar-refractivity contribution in [1.29, 1.82) is 0 Å². The molecular weight excluding hydrogens is 269 g/mol. The molecule has 114 valence electrons. The van der Waals surface area contributed by atoms with Crippen molar-refractivity contribution >= 4 is 0 Å². The van der Waals surface area contributed by atoms with Gasteiger partial charge in [0.25, 0.3) is 0 Å². The van der Waals surface area contributed by atoms with Crippen LogP contribution in [0.2, 0.25) is 0 Å². The summed E-state index contributed by atoms with van der Waals surface area (Å²) in [6.45, 7) is 1.37. The lowest BCUT2D eigenvalue weighted by molar-refractivity contribution is -0.150. The van der Waals surface area contributed by atoms with Crippen molar-refractivity contribution in [2.45, 2.75) is 25.6 Å². The smallest absolute Gasteiger partial charge is 0.401 e. The molecule has 1 aromatic rings. The quantitative estimate of drug-likeness (QED) is 0.839. The second-order valence-corrected chi connectivity index (χ2v) is 4.61. The summed E-state index contributed by atoms with van der Waals surface area (Å²) in [6, 6.07) is 6.56. The predicted octanol–water partition coefficient (Wildman–Crippen LogP) is 2.97. The first-order chi connectivity index (χ1) is 9.41.